The van der Waals surface area contributed by atoms with Crippen molar-refractivity contribution < 1.29 is 22.7 Å². The van der Waals surface area contributed by atoms with Crippen LogP contribution in [-0.2, 0) is 21.4 Å². The number of ether oxygens (including phenoxy) is 2. The second-order valence-electron chi connectivity index (χ2n) is 7.45. The van der Waals surface area contributed by atoms with Gasteiger partial charge in [-0.1, -0.05) is 57.4 Å². The molecule has 0 aliphatic heterocycles. The summed E-state index contributed by atoms with van der Waals surface area (Å²) in [5.74, 6) is 0.118. The zero-order valence-electron chi connectivity index (χ0n) is 18.8. The summed E-state index contributed by atoms with van der Waals surface area (Å²) in [6.07, 6.45) is 0. The van der Waals surface area contributed by atoms with Crippen LogP contribution in [0.5, 0.6) is 11.5 Å². The number of amides is 1. The summed E-state index contributed by atoms with van der Waals surface area (Å²) in [6, 6.07) is 16.8. The number of hydrogen-bond acceptors (Lipinski definition) is 5. The Morgan fingerprint density at radius 2 is 1.62 bits per heavy atom. The summed E-state index contributed by atoms with van der Waals surface area (Å²) >= 11 is 9.51. The van der Waals surface area contributed by atoms with E-state index in [0.29, 0.717) is 22.2 Å². The molecule has 0 aromatic heterocycles. The maximum absolute atomic E-state index is 13.4. The number of nitrogens with zero attached hydrogens (tertiary/aromatic N) is 1. The Bertz CT molecular complexity index is 1270. The van der Waals surface area contributed by atoms with Crippen LogP contribution >= 0.6 is 27.5 Å². The molecule has 0 aliphatic rings. The lowest BCUT2D eigenvalue weighted by Gasteiger charge is -2.22. The molecule has 1 amide bonds. The Morgan fingerprint density at radius 1 is 1.00 bits per heavy atom. The van der Waals surface area contributed by atoms with Gasteiger partial charge in [0, 0.05) is 23.2 Å². The molecular weight excluding hydrogens is 544 g/mol. The summed E-state index contributed by atoms with van der Waals surface area (Å²) in [5.41, 5.74) is 1.97. The number of carbonyl (C=O) groups is 1. The van der Waals surface area contributed by atoms with Crippen molar-refractivity contribution in [1.82, 2.24) is 4.31 Å². The first kappa shape index (κ1) is 26.0. The first-order chi connectivity index (χ1) is 16.1. The molecule has 7 nitrogen and oxygen atoms in total. The van der Waals surface area contributed by atoms with E-state index < -0.39 is 22.5 Å². The predicted molar refractivity (Wildman–Crippen MR) is 136 cm³/mol. The highest BCUT2D eigenvalue weighted by atomic mass is 79.9. The number of hydrogen-bond donors (Lipinski definition) is 1. The van der Waals surface area contributed by atoms with Gasteiger partial charge in [0.2, 0.25) is 15.9 Å². The Morgan fingerprint density at radius 3 is 2.21 bits per heavy atom. The number of halogens is 2. The molecule has 0 heterocycles. The van der Waals surface area contributed by atoms with Crippen molar-refractivity contribution >= 4 is 49.1 Å². The molecule has 1 N–H and O–H groups in total. The maximum Gasteiger partial charge on any atom is 0.243 e. The van der Waals surface area contributed by atoms with Gasteiger partial charge in [0.05, 0.1) is 36.4 Å². The molecule has 0 saturated carbocycles. The number of rotatable bonds is 9. The summed E-state index contributed by atoms with van der Waals surface area (Å²) in [6.45, 7) is 1.47. The third kappa shape index (κ3) is 6.29. The first-order valence-electron chi connectivity index (χ1n) is 10.2. The van der Waals surface area contributed by atoms with Crippen molar-refractivity contribution in [2.45, 2.75) is 18.4 Å². The SMILES string of the molecule is COc1cc(NC(=O)CN(Cc2ccc(Br)cc2)S(=O)(=O)c2ccc(C)cc2)c(OC)cc1Cl. The van der Waals surface area contributed by atoms with Crippen LogP contribution in [0.15, 0.2) is 70.0 Å². The molecule has 0 unspecified atom stereocenters. The van der Waals surface area contributed by atoms with Crippen LogP contribution in [0, 0.1) is 6.92 Å². The lowest BCUT2D eigenvalue weighted by atomic mass is 10.2. The maximum atomic E-state index is 13.4. The second kappa shape index (κ2) is 11.2. The van der Waals surface area contributed by atoms with E-state index in [2.05, 4.69) is 21.2 Å². The van der Waals surface area contributed by atoms with E-state index in [1.165, 1.54) is 38.5 Å². The number of sulfonamides is 1. The number of carbonyl (C=O) groups excluding carboxylic acids is 1. The van der Waals surface area contributed by atoms with E-state index in [1.807, 2.05) is 19.1 Å². The zero-order valence-corrected chi connectivity index (χ0v) is 22.0. The fraction of sp³-hybridized carbons (Fsp3) is 0.208. The molecule has 0 saturated heterocycles. The summed E-state index contributed by atoms with van der Waals surface area (Å²) in [7, 11) is -1.07. The van der Waals surface area contributed by atoms with Crippen LogP contribution < -0.4 is 14.8 Å². The molecule has 0 atom stereocenters. The smallest absolute Gasteiger partial charge is 0.243 e. The van der Waals surface area contributed by atoms with Gasteiger partial charge < -0.3 is 14.8 Å². The van der Waals surface area contributed by atoms with Crippen LogP contribution in [0.25, 0.3) is 0 Å². The van der Waals surface area contributed by atoms with Gasteiger partial charge in [-0.05, 0) is 36.8 Å². The molecule has 0 fully saturated rings. The third-order valence-corrected chi connectivity index (χ3v) is 7.63. The summed E-state index contributed by atoms with van der Waals surface area (Å²) < 4.78 is 39.4. The number of nitrogens with one attached hydrogen (secondary N) is 1. The van der Waals surface area contributed by atoms with E-state index >= 15 is 0 Å². The van der Waals surface area contributed by atoms with Crippen LogP contribution in [0.3, 0.4) is 0 Å². The standard InChI is InChI=1S/C24H24BrClN2O5S/c1-16-4-10-19(11-5-16)34(30,31)28(14-17-6-8-18(25)9-7-17)15-24(29)27-21-13-22(32-2)20(26)12-23(21)33-3/h4-13H,14-15H2,1-3H3,(H,27,29). The third-order valence-electron chi connectivity index (χ3n) is 5.00. The predicted octanol–water partition coefficient (Wildman–Crippen LogP) is 5.26. The van der Waals surface area contributed by atoms with Crippen molar-refractivity contribution in [1.29, 1.82) is 0 Å². The fourth-order valence-electron chi connectivity index (χ4n) is 3.19. The van der Waals surface area contributed by atoms with Gasteiger partial charge in [0.15, 0.2) is 0 Å². The van der Waals surface area contributed by atoms with Crippen molar-refractivity contribution in [3.8, 4) is 11.5 Å². The Kier molecular flexibility index (Phi) is 8.59. The number of anilines is 1. The molecule has 3 rings (SSSR count). The molecule has 0 spiro atoms. The van der Waals surface area contributed by atoms with Crippen molar-refractivity contribution in [3.63, 3.8) is 0 Å². The van der Waals surface area contributed by atoms with E-state index in [1.54, 1.807) is 24.3 Å². The minimum Gasteiger partial charge on any atom is -0.495 e. The van der Waals surface area contributed by atoms with E-state index in [9.17, 15) is 13.2 Å². The van der Waals surface area contributed by atoms with Gasteiger partial charge >= 0.3 is 0 Å². The largest absolute Gasteiger partial charge is 0.495 e. The van der Waals surface area contributed by atoms with Crippen LogP contribution in [0.1, 0.15) is 11.1 Å². The normalized spacial score (nSPS) is 11.4. The molecule has 34 heavy (non-hydrogen) atoms. The van der Waals surface area contributed by atoms with Gasteiger partial charge in [-0.15, -0.1) is 0 Å². The summed E-state index contributed by atoms with van der Waals surface area (Å²) in [5, 5.41) is 3.02. The minimum absolute atomic E-state index is 0.0119. The van der Waals surface area contributed by atoms with Crippen molar-refractivity contribution in [2.24, 2.45) is 0 Å². The van der Waals surface area contributed by atoms with E-state index in [0.717, 1.165) is 19.9 Å². The molecular formula is C24H24BrClN2O5S. The zero-order chi connectivity index (χ0) is 24.9. The minimum atomic E-state index is -3.96. The highest BCUT2D eigenvalue weighted by molar-refractivity contribution is 9.10. The number of methoxy groups -OCH3 is 2. The van der Waals surface area contributed by atoms with Crippen LogP contribution in [0.4, 0.5) is 5.69 Å². The molecule has 10 heteroatoms. The molecule has 3 aromatic rings. The molecule has 0 bridgehead atoms. The topological polar surface area (TPSA) is 84.9 Å². The Hall–Kier alpha value is -2.59. The molecule has 180 valence electrons. The monoisotopic (exact) mass is 566 g/mol. The fourth-order valence-corrected chi connectivity index (χ4v) is 5.07. The van der Waals surface area contributed by atoms with Gasteiger partial charge in [-0.2, -0.15) is 4.31 Å². The average molecular weight is 568 g/mol. The van der Waals surface area contributed by atoms with Crippen molar-refractivity contribution in [2.75, 3.05) is 26.1 Å². The van der Waals surface area contributed by atoms with Gasteiger partial charge in [0.25, 0.3) is 0 Å². The van der Waals surface area contributed by atoms with Gasteiger partial charge in [0.1, 0.15) is 11.5 Å². The van der Waals surface area contributed by atoms with Crippen LogP contribution in [0.2, 0.25) is 5.02 Å². The van der Waals surface area contributed by atoms with E-state index in [-0.39, 0.29) is 11.4 Å². The lowest BCUT2D eigenvalue weighted by Crippen LogP contribution is -2.37. The lowest BCUT2D eigenvalue weighted by molar-refractivity contribution is -0.116. The Balaban J connectivity index is 1.91. The van der Waals surface area contributed by atoms with Gasteiger partial charge in [-0.25, -0.2) is 8.42 Å². The average Bonchev–Trinajstić information content (AvgIpc) is 2.81. The van der Waals surface area contributed by atoms with Crippen molar-refractivity contribution in [3.05, 3.63) is 81.3 Å². The first-order valence-corrected chi connectivity index (χ1v) is 12.8. The summed E-state index contributed by atoms with van der Waals surface area (Å²) in [4.78, 5) is 13.1. The number of aryl methyl sites for hydroxylation is 1. The molecule has 0 radical (unpaired) electrons. The molecule has 0 aliphatic carbocycles. The molecule has 3 aromatic carbocycles. The second-order valence-corrected chi connectivity index (χ2v) is 10.7. The quantitative estimate of drug-likeness (QED) is 0.381. The highest BCUT2D eigenvalue weighted by Crippen LogP contribution is 2.36. The number of benzene rings is 3. The van der Waals surface area contributed by atoms with Gasteiger partial charge in [-0.3, -0.25) is 4.79 Å². The van der Waals surface area contributed by atoms with Crippen LogP contribution in [-0.4, -0.2) is 39.4 Å². The Labute approximate surface area is 212 Å². The highest BCUT2D eigenvalue weighted by Gasteiger charge is 2.27. The van der Waals surface area contributed by atoms with E-state index in [4.69, 9.17) is 21.1 Å².